The zero-order chi connectivity index (χ0) is 18.4. The highest BCUT2D eigenvalue weighted by Crippen LogP contribution is 2.23. The number of nitrogens with one attached hydrogen (secondary N) is 2. The van der Waals surface area contributed by atoms with Crippen LogP contribution in [0, 0.1) is 6.92 Å². The van der Waals surface area contributed by atoms with Gasteiger partial charge in [-0.2, -0.15) is 0 Å². The van der Waals surface area contributed by atoms with E-state index in [1.54, 1.807) is 42.7 Å². The van der Waals surface area contributed by atoms with Crippen LogP contribution in [-0.2, 0) is 4.79 Å². The number of carbonyl (C=O) groups is 2. The van der Waals surface area contributed by atoms with E-state index in [1.165, 1.54) is 6.92 Å². The van der Waals surface area contributed by atoms with Crippen LogP contribution in [0.4, 0.5) is 11.4 Å². The van der Waals surface area contributed by atoms with Crippen LogP contribution in [0.3, 0.4) is 0 Å². The van der Waals surface area contributed by atoms with Gasteiger partial charge in [-0.25, -0.2) is 0 Å². The summed E-state index contributed by atoms with van der Waals surface area (Å²) in [4.78, 5) is 28.4. The number of amides is 2. The van der Waals surface area contributed by atoms with Crippen molar-refractivity contribution in [3.63, 3.8) is 0 Å². The van der Waals surface area contributed by atoms with Crippen molar-refractivity contribution in [3.05, 3.63) is 53.9 Å². The van der Waals surface area contributed by atoms with E-state index in [0.29, 0.717) is 29.8 Å². The molecule has 1 atom stereocenters. The highest BCUT2D eigenvalue weighted by atomic mass is 16.3. The number of hydrogen-bond donors (Lipinski definition) is 3. The lowest BCUT2D eigenvalue weighted by Gasteiger charge is -2.22. The second-order valence-corrected chi connectivity index (χ2v) is 6.20. The average Bonchev–Trinajstić information content (AvgIpc) is 2.58. The highest BCUT2D eigenvalue weighted by Gasteiger charge is 2.29. The number of hydrogen-bond acceptors (Lipinski definition) is 4. The molecule has 3 N–H and O–H groups in total. The third-order valence-electron chi connectivity index (χ3n) is 3.91. The van der Waals surface area contributed by atoms with Gasteiger partial charge in [0.1, 0.15) is 5.60 Å². The Morgan fingerprint density at radius 1 is 1.16 bits per heavy atom. The van der Waals surface area contributed by atoms with Gasteiger partial charge >= 0.3 is 0 Å². The summed E-state index contributed by atoms with van der Waals surface area (Å²) in [5.74, 6) is -0.725. The Hall–Kier alpha value is -2.73. The molecule has 0 saturated carbocycles. The molecule has 0 aliphatic carbocycles. The molecule has 1 aromatic heterocycles. The third-order valence-corrected chi connectivity index (χ3v) is 3.91. The summed E-state index contributed by atoms with van der Waals surface area (Å²) in [5, 5.41) is 15.7. The first-order valence-corrected chi connectivity index (χ1v) is 8.19. The number of aromatic nitrogens is 1. The zero-order valence-electron chi connectivity index (χ0n) is 14.7. The van der Waals surface area contributed by atoms with E-state index in [9.17, 15) is 14.7 Å². The van der Waals surface area contributed by atoms with Crippen molar-refractivity contribution in [2.24, 2.45) is 0 Å². The number of nitrogens with zero attached hydrogens (tertiary/aromatic N) is 1. The van der Waals surface area contributed by atoms with Crippen LogP contribution in [0.15, 0.2) is 42.7 Å². The number of benzene rings is 1. The lowest BCUT2D eigenvalue weighted by atomic mass is 9.99. The monoisotopic (exact) mass is 341 g/mol. The van der Waals surface area contributed by atoms with Gasteiger partial charge in [-0.1, -0.05) is 19.4 Å². The molecule has 1 unspecified atom stereocenters. The molecule has 2 amide bonds. The lowest BCUT2D eigenvalue weighted by molar-refractivity contribution is -0.133. The summed E-state index contributed by atoms with van der Waals surface area (Å²) in [5.41, 5.74) is 1.03. The van der Waals surface area contributed by atoms with Crippen molar-refractivity contribution >= 4 is 23.2 Å². The summed E-state index contributed by atoms with van der Waals surface area (Å²) >= 11 is 0. The highest BCUT2D eigenvalue weighted by molar-refractivity contribution is 6.05. The number of pyridine rings is 1. The van der Waals surface area contributed by atoms with Gasteiger partial charge in [0.15, 0.2) is 0 Å². The smallest absolute Gasteiger partial charge is 0.256 e. The Balaban J connectivity index is 2.15. The molecule has 0 fully saturated rings. The Labute approximate surface area is 147 Å². The molecule has 6 heteroatoms. The van der Waals surface area contributed by atoms with Gasteiger partial charge in [-0.05, 0) is 50.1 Å². The SMILES string of the molecule is CCCC(C)(O)C(=O)Nc1ccc(C)c(NC(=O)c2ccncc2)c1. The van der Waals surface area contributed by atoms with E-state index in [2.05, 4.69) is 15.6 Å². The predicted molar refractivity (Wildman–Crippen MR) is 97.5 cm³/mol. The molecule has 0 aliphatic heterocycles. The Morgan fingerprint density at radius 2 is 1.84 bits per heavy atom. The number of rotatable bonds is 6. The Morgan fingerprint density at radius 3 is 2.48 bits per heavy atom. The van der Waals surface area contributed by atoms with Crippen molar-refractivity contribution in [3.8, 4) is 0 Å². The third kappa shape index (κ3) is 4.87. The molecule has 2 aromatic rings. The first-order chi connectivity index (χ1) is 11.8. The van der Waals surface area contributed by atoms with Crippen LogP contribution < -0.4 is 10.6 Å². The van der Waals surface area contributed by atoms with Gasteiger partial charge in [0.05, 0.1) is 0 Å². The summed E-state index contributed by atoms with van der Waals surface area (Å²) in [7, 11) is 0. The van der Waals surface area contributed by atoms with Gasteiger partial charge in [0, 0.05) is 29.3 Å². The predicted octanol–water partition coefficient (Wildman–Crippen LogP) is 3.13. The lowest BCUT2D eigenvalue weighted by Crippen LogP contribution is -2.39. The van der Waals surface area contributed by atoms with Crippen molar-refractivity contribution < 1.29 is 14.7 Å². The van der Waals surface area contributed by atoms with Crippen LogP contribution in [0.25, 0.3) is 0 Å². The Bertz CT molecular complexity index is 758. The summed E-state index contributed by atoms with van der Waals surface area (Å²) in [6, 6.07) is 8.45. The fourth-order valence-corrected chi connectivity index (χ4v) is 2.40. The quantitative estimate of drug-likeness (QED) is 0.753. The molecule has 0 saturated heterocycles. The molecular weight excluding hydrogens is 318 g/mol. The maximum atomic E-state index is 12.3. The van der Waals surface area contributed by atoms with E-state index >= 15 is 0 Å². The largest absolute Gasteiger partial charge is 0.380 e. The van der Waals surface area contributed by atoms with E-state index in [0.717, 1.165) is 5.56 Å². The van der Waals surface area contributed by atoms with Gasteiger partial charge in [-0.15, -0.1) is 0 Å². The first-order valence-electron chi connectivity index (χ1n) is 8.19. The van der Waals surface area contributed by atoms with Gasteiger partial charge in [-0.3, -0.25) is 14.6 Å². The molecule has 0 bridgehead atoms. The minimum Gasteiger partial charge on any atom is -0.380 e. The van der Waals surface area contributed by atoms with E-state index in [4.69, 9.17) is 0 Å². The number of carbonyl (C=O) groups excluding carboxylic acids is 2. The maximum Gasteiger partial charge on any atom is 0.256 e. The van der Waals surface area contributed by atoms with Crippen molar-refractivity contribution in [1.82, 2.24) is 4.98 Å². The topological polar surface area (TPSA) is 91.3 Å². The number of aliphatic hydroxyl groups is 1. The van der Waals surface area contributed by atoms with E-state index in [1.807, 2.05) is 13.8 Å². The van der Waals surface area contributed by atoms with E-state index in [-0.39, 0.29) is 5.91 Å². The molecule has 0 radical (unpaired) electrons. The summed E-state index contributed by atoms with van der Waals surface area (Å²) < 4.78 is 0. The summed E-state index contributed by atoms with van der Waals surface area (Å²) in [6.45, 7) is 5.26. The molecule has 25 heavy (non-hydrogen) atoms. The van der Waals surface area contributed by atoms with E-state index < -0.39 is 11.5 Å². The van der Waals surface area contributed by atoms with Crippen LogP contribution in [-0.4, -0.2) is 27.5 Å². The van der Waals surface area contributed by atoms with Gasteiger partial charge in [0.25, 0.3) is 11.8 Å². The molecular formula is C19H23N3O3. The number of aryl methyl sites for hydroxylation is 1. The summed E-state index contributed by atoms with van der Waals surface area (Å²) in [6.07, 6.45) is 4.17. The maximum absolute atomic E-state index is 12.3. The van der Waals surface area contributed by atoms with Crippen molar-refractivity contribution in [1.29, 1.82) is 0 Å². The van der Waals surface area contributed by atoms with Crippen molar-refractivity contribution in [2.45, 2.75) is 39.2 Å². The second kappa shape index (κ2) is 7.90. The molecule has 0 aliphatic rings. The molecule has 6 nitrogen and oxygen atoms in total. The fraction of sp³-hybridized carbons (Fsp3) is 0.316. The molecule has 0 spiro atoms. The first kappa shape index (κ1) is 18.6. The normalized spacial score (nSPS) is 13.0. The fourth-order valence-electron chi connectivity index (χ4n) is 2.40. The molecule has 2 rings (SSSR count). The molecule has 1 heterocycles. The molecule has 1 aromatic carbocycles. The second-order valence-electron chi connectivity index (χ2n) is 6.20. The van der Waals surface area contributed by atoms with Gasteiger partial charge in [0.2, 0.25) is 0 Å². The zero-order valence-corrected chi connectivity index (χ0v) is 14.7. The standard InChI is InChI=1S/C19H23N3O3/c1-4-9-19(3,25)18(24)21-15-6-5-13(2)16(12-15)22-17(23)14-7-10-20-11-8-14/h5-8,10-12,25H,4,9H2,1-3H3,(H,21,24)(H,22,23). The van der Waals surface area contributed by atoms with Crippen LogP contribution >= 0.6 is 0 Å². The average molecular weight is 341 g/mol. The van der Waals surface area contributed by atoms with Crippen LogP contribution in [0.2, 0.25) is 0 Å². The minimum atomic E-state index is -1.43. The Kier molecular flexibility index (Phi) is 5.88. The van der Waals surface area contributed by atoms with Gasteiger partial charge < -0.3 is 15.7 Å². The van der Waals surface area contributed by atoms with Crippen molar-refractivity contribution in [2.75, 3.05) is 10.6 Å². The minimum absolute atomic E-state index is 0.257. The molecule has 132 valence electrons. The van der Waals surface area contributed by atoms with Crippen LogP contribution in [0.1, 0.15) is 42.6 Å². The number of anilines is 2. The van der Waals surface area contributed by atoms with Crippen LogP contribution in [0.5, 0.6) is 0 Å².